The summed E-state index contributed by atoms with van der Waals surface area (Å²) in [4.78, 5) is 28.3. The summed E-state index contributed by atoms with van der Waals surface area (Å²) >= 11 is 0. The van der Waals surface area contributed by atoms with Gasteiger partial charge in [-0.3, -0.25) is 14.9 Å². The van der Waals surface area contributed by atoms with Crippen LogP contribution in [0, 0.1) is 15.5 Å². The molecule has 0 amide bonds. The number of anilines is 1. The molecule has 1 atom stereocenters. The maximum absolute atomic E-state index is 10.8. The van der Waals surface area contributed by atoms with E-state index >= 15 is 0 Å². The third-order valence-electron chi connectivity index (χ3n) is 2.58. The Labute approximate surface area is 110 Å². The number of aliphatic carboxylic acids is 1. The Morgan fingerprint density at radius 3 is 2.37 bits per heavy atom. The highest BCUT2D eigenvalue weighted by Gasteiger charge is 2.27. The lowest BCUT2D eigenvalue weighted by Gasteiger charge is -2.30. The number of nitrogens with one attached hydrogen (secondary N) is 1. The van der Waals surface area contributed by atoms with Gasteiger partial charge in [0.05, 0.1) is 11.3 Å². The molecule has 8 heteroatoms. The van der Waals surface area contributed by atoms with E-state index in [1.807, 2.05) is 20.8 Å². The molecule has 8 nitrogen and oxygen atoms in total. The second-order valence-corrected chi connectivity index (χ2v) is 5.18. The average molecular weight is 268 g/mol. The van der Waals surface area contributed by atoms with E-state index in [-0.39, 0.29) is 29.5 Å². The number of carboxylic acid groups (broad SMARTS) is 1. The maximum atomic E-state index is 10.8. The fraction of sp³-hybridized carbons (Fsp3) is 0.545. The van der Waals surface area contributed by atoms with Gasteiger partial charge in [-0.05, 0) is 5.41 Å². The SMILES string of the molecule is CC(C)(C)C(CC(=O)O)Nc1ncc([N+](=O)[O-])cn1. The molecule has 0 radical (unpaired) electrons. The van der Waals surface area contributed by atoms with Crippen LogP contribution < -0.4 is 5.32 Å². The largest absolute Gasteiger partial charge is 0.481 e. The Morgan fingerprint density at radius 1 is 1.47 bits per heavy atom. The summed E-state index contributed by atoms with van der Waals surface area (Å²) < 4.78 is 0. The first kappa shape index (κ1) is 14.8. The third-order valence-corrected chi connectivity index (χ3v) is 2.58. The minimum Gasteiger partial charge on any atom is -0.481 e. The van der Waals surface area contributed by atoms with E-state index in [1.54, 1.807) is 0 Å². The van der Waals surface area contributed by atoms with Gasteiger partial charge in [0.15, 0.2) is 0 Å². The van der Waals surface area contributed by atoms with Crippen molar-refractivity contribution in [1.82, 2.24) is 9.97 Å². The molecule has 0 aromatic carbocycles. The predicted octanol–water partition coefficient (Wildman–Crippen LogP) is 1.69. The fourth-order valence-electron chi connectivity index (χ4n) is 1.39. The van der Waals surface area contributed by atoms with E-state index < -0.39 is 10.9 Å². The van der Waals surface area contributed by atoms with Gasteiger partial charge in [0.1, 0.15) is 12.4 Å². The standard InChI is InChI=1S/C11H16N4O4/c1-11(2,3)8(4-9(16)17)14-10-12-5-7(6-13-10)15(18)19/h5-6,8H,4H2,1-3H3,(H,16,17)(H,12,13,14). The number of aromatic nitrogens is 2. The molecule has 0 fully saturated rings. The molecule has 1 aromatic rings. The van der Waals surface area contributed by atoms with Crippen molar-refractivity contribution in [2.24, 2.45) is 5.41 Å². The number of hydrogen-bond donors (Lipinski definition) is 2. The van der Waals surface area contributed by atoms with Crippen LogP contribution in [0.15, 0.2) is 12.4 Å². The molecule has 1 heterocycles. The molecule has 1 rings (SSSR count). The number of nitro groups is 1. The van der Waals surface area contributed by atoms with Crippen molar-refractivity contribution in [1.29, 1.82) is 0 Å². The van der Waals surface area contributed by atoms with Crippen LogP contribution >= 0.6 is 0 Å². The van der Waals surface area contributed by atoms with Gasteiger partial charge in [-0.25, -0.2) is 9.97 Å². The lowest BCUT2D eigenvalue weighted by atomic mass is 9.85. The van der Waals surface area contributed by atoms with Crippen molar-refractivity contribution in [3.8, 4) is 0 Å². The lowest BCUT2D eigenvalue weighted by Crippen LogP contribution is -2.36. The van der Waals surface area contributed by atoms with Crippen LogP contribution in [0.4, 0.5) is 11.6 Å². The summed E-state index contributed by atoms with van der Waals surface area (Å²) in [6, 6.07) is -0.383. The van der Waals surface area contributed by atoms with Gasteiger partial charge >= 0.3 is 11.7 Å². The number of hydrogen-bond acceptors (Lipinski definition) is 6. The molecular formula is C11H16N4O4. The summed E-state index contributed by atoms with van der Waals surface area (Å²) in [5.41, 5.74) is -0.528. The van der Waals surface area contributed by atoms with Crippen LogP contribution in [0.1, 0.15) is 27.2 Å². The zero-order valence-corrected chi connectivity index (χ0v) is 11.0. The summed E-state index contributed by atoms with van der Waals surface area (Å²) in [6.45, 7) is 5.66. The van der Waals surface area contributed by atoms with E-state index in [9.17, 15) is 14.9 Å². The minimum atomic E-state index is -0.936. The number of carbonyl (C=O) groups is 1. The zero-order valence-electron chi connectivity index (χ0n) is 11.0. The zero-order chi connectivity index (χ0) is 14.6. The third kappa shape index (κ3) is 4.49. The monoisotopic (exact) mass is 268 g/mol. The average Bonchev–Trinajstić information content (AvgIpc) is 2.27. The molecule has 0 saturated heterocycles. The quantitative estimate of drug-likeness (QED) is 0.616. The topological polar surface area (TPSA) is 118 Å². The smallest absolute Gasteiger partial charge is 0.305 e. The molecule has 19 heavy (non-hydrogen) atoms. The predicted molar refractivity (Wildman–Crippen MR) is 67.8 cm³/mol. The summed E-state index contributed by atoms with van der Waals surface area (Å²) in [7, 11) is 0. The van der Waals surface area contributed by atoms with Crippen LogP contribution in [0.25, 0.3) is 0 Å². The van der Waals surface area contributed by atoms with Gasteiger partial charge in [0, 0.05) is 6.04 Å². The van der Waals surface area contributed by atoms with Crippen LogP contribution in [-0.4, -0.2) is 32.0 Å². The normalized spacial score (nSPS) is 12.8. The Balaban J connectivity index is 2.84. The van der Waals surface area contributed by atoms with E-state index in [4.69, 9.17) is 5.11 Å². The van der Waals surface area contributed by atoms with Crippen LogP contribution in [-0.2, 0) is 4.79 Å². The Hall–Kier alpha value is -2.25. The Kier molecular flexibility index (Phi) is 4.36. The van der Waals surface area contributed by atoms with Gasteiger partial charge in [0.2, 0.25) is 5.95 Å². The van der Waals surface area contributed by atoms with Gasteiger partial charge in [0.25, 0.3) is 0 Å². The van der Waals surface area contributed by atoms with Crippen LogP contribution in [0.5, 0.6) is 0 Å². The highest BCUT2D eigenvalue weighted by atomic mass is 16.6. The van der Waals surface area contributed by atoms with Gasteiger partial charge in [-0.1, -0.05) is 20.8 Å². The molecule has 2 N–H and O–H groups in total. The highest BCUT2D eigenvalue weighted by molar-refractivity contribution is 5.68. The second kappa shape index (κ2) is 5.59. The van der Waals surface area contributed by atoms with Crippen molar-refractivity contribution in [2.75, 3.05) is 5.32 Å². The van der Waals surface area contributed by atoms with E-state index in [0.717, 1.165) is 12.4 Å². The molecule has 0 saturated carbocycles. The highest BCUT2D eigenvalue weighted by Crippen LogP contribution is 2.24. The van der Waals surface area contributed by atoms with Gasteiger partial charge < -0.3 is 10.4 Å². The second-order valence-electron chi connectivity index (χ2n) is 5.18. The van der Waals surface area contributed by atoms with E-state index in [2.05, 4.69) is 15.3 Å². The van der Waals surface area contributed by atoms with Gasteiger partial charge in [-0.15, -0.1) is 0 Å². The summed E-state index contributed by atoms with van der Waals surface area (Å²) in [5, 5.41) is 22.2. The summed E-state index contributed by atoms with van der Waals surface area (Å²) in [6.07, 6.45) is 2.06. The fourth-order valence-corrected chi connectivity index (χ4v) is 1.39. The maximum Gasteiger partial charge on any atom is 0.305 e. The minimum absolute atomic E-state index is 0.0934. The van der Waals surface area contributed by atoms with Crippen LogP contribution in [0.2, 0.25) is 0 Å². The lowest BCUT2D eigenvalue weighted by molar-refractivity contribution is -0.385. The first-order chi connectivity index (χ1) is 8.70. The molecule has 0 bridgehead atoms. The van der Waals surface area contributed by atoms with Crippen molar-refractivity contribution in [3.05, 3.63) is 22.5 Å². The van der Waals surface area contributed by atoms with Crippen molar-refractivity contribution in [2.45, 2.75) is 33.2 Å². The molecule has 0 aliphatic heterocycles. The molecule has 0 aliphatic rings. The van der Waals surface area contributed by atoms with E-state index in [1.165, 1.54) is 0 Å². The van der Waals surface area contributed by atoms with Crippen molar-refractivity contribution in [3.63, 3.8) is 0 Å². The Morgan fingerprint density at radius 2 is 2.00 bits per heavy atom. The summed E-state index contributed by atoms with van der Waals surface area (Å²) in [5.74, 6) is -0.763. The van der Waals surface area contributed by atoms with Crippen molar-refractivity contribution >= 4 is 17.6 Å². The Bertz CT molecular complexity index is 467. The van der Waals surface area contributed by atoms with Crippen LogP contribution in [0.3, 0.4) is 0 Å². The molecular weight excluding hydrogens is 252 g/mol. The van der Waals surface area contributed by atoms with Crippen molar-refractivity contribution < 1.29 is 14.8 Å². The number of rotatable bonds is 5. The van der Waals surface area contributed by atoms with Gasteiger partial charge in [-0.2, -0.15) is 0 Å². The number of nitrogens with zero attached hydrogens (tertiary/aromatic N) is 3. The molecule has 0 aliphatic carbocycles. The first-order valence-electron chi connectivity index (χ1n) is 5.65. The number of carboxylic acids is 1. The molecule has 1 aromatic heterocycles. The molecule has 1 unspecified atom stereocenters. The molecule has 0 spiro atoms. The molecule has 104 valence electrons. The van der Waals surface area contributed by atoms with E-state index in [0.29, 0.717) is 0 Å². The first-order valence-corrected chi connectivity index (χ1v) is 5.65.